The fourth-order valence-electron chi connectivity index (χ4n) is 1.34. The van der Waals surface area contributed by atoms with Gasteiger partial charge >= 0.3 is 5.97 Å². The van der Waals surface area contributed by atoms with E-state index in [1.807, 2.05) is 0 Å². The quantitative estimate of drug-likeness (QED) is 0.599. The molecule has 1 aromatic rings. The molecule has 1 atom stereocenters. The van der Waals surface area contributed by atoms with Crippen molar-refractivity contribution >= 4 is 33.4 Å². The zero-order valence-corrected chi connectivity index (χ0v) is 11.8. The molecule has 0 saturated heterocycles. The van der Waals surface area contributed by atoms with Crippen LogP contribution in [0.3, 0.4) is 0 Å². The molecule has 1 aromatic heterocycles. The second-order valence-electron chi connectivity index (χ2n) is 3.63. The van der Waals surface area contributed by atoms with Gasteiger partial charge in [0.1, 0.15) is 12.0 Å². The third-order valence-electron chi connectivity index (χ3n) is 2.45. The van der Waals surface area contributed by atoms with Crippen molar-refractivity contribution < 1.29 is 19.6 Å². The first-order valence-corrected chi connectivity index (χ1v) is 5.96. The van der Waals surface area contributed by atoms with Crippen molar-refractivity contribution in [3.05, 3.63) is 26.3 Å². The fourth-order valence-corrected chi connectivity index (χ4v) is 1.78. The number of nitrogens with zero attached hydrogens (tertiary/aromatic N) is 2. The minimum absolute atomic E-state index is 0.00527. The normalized spacial score (nSPS) is 11.9. The second kappa shape index (κ2) is 6.43. The Bertz CT molecular complexity index is 508. The summed E-state index contributed by atoms with van der Waals surface area (Å²) in [6, 6.07) is 0. The number of carboxylic acids is 1. The number of rotatable bonds is 6. The Morgan fingerprint density at radius 2 is 2.37 bits per heavy atom. The summed E-state index contributed by atoms with van der Waals surface area (Å²) in [6.07, 6.45) is 0.0922. The Labute approximate surface area is 117 Å². The number of ether oxygens (including phenoxy) is 1. The highest BCUT2D eigenvalue weighted by Crippen LogP contribution is 2.30. The van der Waals surface area contributed by atoms with Crippen LogP contribution < -0.4 is 5.32 Å². The Kier molecular flexibility index (Phi) is 5.19. The van der Waals surface area contributed by atoms with Crippen molar-refractivity contribution in [2.24, 2.45) is 0 Å². The van der Waals surface area contributed by atoms with Gasteiger partial charge < -0.3 is 15.2 Å². The van der Waals surface area contributed by atoms with E-state index in [2.05, 4.69) is 26.2 Å². The van der Waals surface area contributed by atoms with E-state index in [1.54, 1.807) is 6.92 Å². The number of hydrogen-bond donors (Lipinski definition) is 2. The Hall–Kier alpha value is -1.74. The highest BCUT2D eigenvalue weighted by Gasteiger charge is 2.20. The number of carbonyl (C=O) groups is 1. The van der Waals surface area contributed by atoms with Gasteiger partial charge in [-0.25, -0.2) is 9.78 Å². The monoisotopic (exact) mass is 333 g/mol. The molecule has 0 spiro atoms. The molecule has 0 saturated carbocycles. The average molecular weight is 334 g/mol. The van der Waals surface area contributed by atoms with Crippen molar-refractivity contribution in [1.82, 2.24) is 4.98 Å². The van der Waals surface area contributed by atoms with E-state index in [0.29, 0.717) is 15.9 Å². The smallest absolute Gasteiger partial charge is 0.334 e. The van der Waals surface area contributed by atoms with E-state index in [9.17, 15) is 14.9 Å². The van der Waals surface area contributed by atoms with Crippen molar-refractivity contribution in [2.45, 2.75) is 13.0 Å². The molecular weight excluding hydrogens is 322 g/mol. The first-order valence-electron chi connectivity index (χ1n) is 5.17. The Balaban J connectivity index is 2.89. The van der Waals surface area contributed by atoms with E-state index in [0.717, 1.165) is 6.20 Å². The number of methoxy groups -OCH3 is 1. The van der Waals surface area contributed by atoms with Crippen molar-refractivity contribution in [3.63, 3.8) is 0 Å². The van der Waals surface area contributed by atoms with Gasteiger partial charge in [0.25, 0.3) is 5.69 Å². The van der Waals surface area contributed by atoms with Crippen LogP contribution in [0.2, 0.25) is 0 Å². The number of nitrogens with one attached hydrogen (secondary N) is 1. The van der Waals surface area contributed by atoms with Crippen molar-refractivity contribution in [3.8, 4) is 0 Å². The van der Waals surface area contributed by atoms with Gasteiger partial charge in [0.2, 0.25) is 0 Å². The second-order valence-corrected chi connectivity index (χ2v) is 4.42. The lowest BCUT2D eigenvalue weighted by Gasteiger charge is -2.13. The van der Waals surface area contributed by atoms with Crippen LogP contribution in [0.4, 0.5) is 11.5 Å². The average Bonchev–Trinajstić information content (AvgIpc) is 2.34. The molecule has 0 amide bonds. The van der Waals surface area contributed by atoms with Gasteiger partial charge in [-0.3, -0.25) is 10.1 Å². The van der Waals surface area contributed by atoms with Gasteiger partial charge in [-0.05, 0) is 22.9 Å². The first-order chi connectivity index (χ1) is 8.88. The summed E-state index contributed by atoms with van der Waals surface area (Å²) in [5.74, 6) is -0.781. The molecule has 0 aromatic carbocycles. The van der Waals surface area contributed by atoms with Gasteiger partial charge in [-0.1, -0.05) is 0 Å². The van der Waals surface area contributed by atoms with Crippen LogP contribution in [0.5, 0.6) is 0 Å². The lowest BCUT2D eigenvalue weighted by molar-refractivity contribution is -0.385. The van der Waals surface area contributed by atoms with Gasteiger partial charge in [0, 0.05) is 12.7 Å². The zero-order chi connectivity index (χ0) is 14.6. The number of aromatic nitrogens is 1. The molecule has 19 heavy (non-hydrogen) atoms. The number of pyridine rings is 1. The minimum Gasteiger partial charge on any atom is -0.479 e. The van der Waals surface area contributed by atoms with Gasteiger partial charge in [-0.15, -0.1) is 0 Å². The SMILES string of the molecule is COC(CNc1ncc([N+](=O)[O-])c(C)c1Br)C(=O)O. The number of halogens is 1. The molecule has 1 heterocycles. The summed E-state index contributed by atoms with van der Waals surface area (Å²) in [7, 11) is 1.28. The summed E-state index contributed by atoms with van der Waals surface area (Å²) in [5.41, 5.74) is 0.297. The van der Waals surface area contributed by atoms with Crippen LogP contribution in [-0.2, 0) is 9.53 Å². The molecule has 0 fully saturated rings. The lowest BCUT2D eigenvalue weighted by atomic mass is 10.2. The van der Waals surface area contributed by atoms with Crippen LogP contribution in [0.1, 0.15) is 5.56 Å². The van der Waals surface area contributed by atoms with Crippen LogP contribution in [-0.4, -0.2) is 40.7 Å². The molecule has 8 nitrogen and oxygen atoms in total. The first kappa shape index (κ1) is 15.3. The fraction of sp³-hybridized carbons (Fsp3) is 0.400. The van der Waals surface area contributed by atoms with Crippen LogP contribution in [0.25, 0.3) is 0 Å². The molecule has 2 N–H and O–H groups in total. The topological polar surface area (TPSA) is 115 Å². The number of carboxylic acid groups (broad SMARTS) is 1. The maximum atomic E-state index is 10.8. The third-order valence-corrected chi connectivity index (χ3v) is 3.42. The van der Waals surface area contributed by atoms with E-state index < -0.39 is 17.0 Å². The summed E-state index contributed by atoms with van der Waals surface area (Å²) in [5, 5.41) is 22.3. The third kappa shape index (κ3) is 3.61. The standard InChI is InChI=1S/C10H12BrN3O5/c1-5-6(14(17)18)3-12-9(8(5)11)13-4-7(19-2)10(15)16/h3,7H,4H2,1-2H3,(H,12,13)(H,15,16). The maximum Gasteiger partial charge on any atom is 0.334 e. The predicted molar refractivity (Wildman–Crippen MR) is 70.3 cm³/mol. The molecular formula is C10H12BrN3O5. The molecule has 1 unspecified atom stereocenters. The summed E-state index contributed by atoms with van der Waals surface area (Å²) in [4.78, 5) is 24.8. The predicted octanol–water partition coefficient (Wildman–Crippen LogP) is 1.57. The van der Waals surface area contributed by atoms with E-state index in [1.165, 1.54) is 7.11 Å². The molecule has 0 radical (unpaired) electrons. The molecule has 9 heteroatoms. The van der Waals surface area contributed by atoms with Gasteiger partial charge in [0.05, 0.1) is 15.9 Å². The zero-order valence-electron chi connectivity index (χ0n) is 10.2. The summed E-state index contributed by atoms with van der Waals surface area (Å²) >= 11 is 3.19. The summed E-state index contributed by atoms with van der Waals surface area (Å²) < 4.78 is 5.17. The Morgan fingerprint density at radius 3 is 2.84 bits per heavy atom. The molecule has 104 valence electrons. The highest BCUT2D eigenvalue weighted by atomic mass is 79.9. The minimum atomic E-state index is -1.11. The van der Waals surface area contributed by atoms with Crippen molar-refractivity contribution in [2.75, 3.05) is 19.0 Å². The number of aliphatic carboxylic acids is 1. The van der Waals surface area contributed by atoms with Gasteiger partial charge in [0.15, 0.2) is 6.10 Å². The van der Waals surface area contributed by atoms with E-state index in [-0.39, 0.29) is 12.2 Å². The van der Waals surface area contributed by atoms with Gasteiger partial charge in [-0.2, -0.15) is 0 Å². The number of anilines is 1. The van der Waals surface area contributed by atoms with Crippen LogP contribution >= 0.6 is 15.9 Å². The van der Waals surface area contributed by atoms with E-state index in [4.69, 9.17) is 9.84 Å². The molecule has 1 rings (SSSR count). The van der Waals surface area contributed by atoms with Crippen molar-refractivity contribution in [1.29, 1.82) is 0 Å². The number of nitro groups is 1. The highest BCUT2D eigenvalue weighted by molar-refractivity contribution is 9.10. The largest absolute Gasteiger partial charge is 0.479 e. The lowest BCUT2D eigenvalue weighted by Crippen LogP contribution is -2.30. The summed E-state index contributed by atoms with van der Waals surface area (Å²) in [6.45, 7) is 1.56. The number of hydrogen-bond acceptors (Lipinski definition) is 6. The van der Waals surface area contributed by atoms with Crippen LogP contribution in [0, 0.1) is 17.0 Å². The molecule has 0 aliphatic carbocycles. The Morgan fingerprint density at radius 1 is 1.74 bits per heavy atom. The molecule has 0 aliphatic heterocycles. The van der Waals surface area contributed by atoms with Crippen LogP contribution in [0.15, 0.2) is 10.7 Å². The molecule has 0 aliphatic rings. The molecule has 0 bridgehead atoms. The van der Waals surface area contributed by atoms with E-state index >= 15 is 0 Å². The maximum absolute atomic E-state index is 10.8.